The van der Waals surface area contributed by atoms with E-state index in [1.807, 2.05) is 30.3 Å². The Morgan fingerprint density at radius 1 is 1.04 bits per heavy atom. The van der Waals surface area contributed by atoms with Crippen molar-refractivity contribution in [1.82, 2.24) is 20.3 Å². The third kappa shape index (κ3) is 5.39. The number of hydrogen-bond donors (Lipinski definition) is 1. The lowest BCUT2D eigenvalue weighted by atomic mass is 10.1. The molecule has 7 heteroatoms. The van der Waals surface area contributed by atoms with Crippen molar-refractivity contribution in [3.05, 3.63) is 78.1 Å². The van der Waals surface area contributed by atoms with Crippen molar-refractivity contribution < 1.29 is 14.3 Å². The second-order valence-electron chi connectivity index (χ2n) is 5.89. The number of aromatic nitrogens is 3. The molecule has 0 radical (unpaired) electrons. The average Bonchev–Trinajstić information content (AvgIpc) is 3.22. The van der Waals surface area contributed by atoms with Crippen LogP contribution >= 0.6 is 0 Å². The highest BCUT2D eigenvalue weighted by atomic mass is 16.5. The van der Waals surface area contributed by atoms with Gasteiger partial charge in [0.1, 0.15) is 12.4 Å². The first-order chi connectivity index (χ1) is 13.3. The van der Waals surface area contributed by atoms with Crippen molar-refractivity contribution in [2.75, 3.05) is 20.3 Å². The van der Waals surface area contributed by atoms with Crippen LogP contribution in [0.4, 0.5) is 0 Å². The molecule has 1 atom stereocenters. The zero-order valence-corrected chi connectivity index (χ0v) is 15.1. The van der Waals surface area contributed by atoms with Gasteiger partial charge in [0.15, 0.2) is 0 Å². The van der Waals surface area contributed by atoms with Gasteiger partial charge in [0.05, 0.1) is 31.6 Å². The first-order valence-electron chi connectivity index (χ1n) is 8.68. The Morgan fingerprint density at radius 3 is 2.41 bits per heavy atom. The summed E-state index contributed by atoms with van der Waals surface area (Å²) in [6, 6.07) is 16.6. The lowest BCUT2D eigenvalue weighted by Crippen LogP contribution is -2.32. The summed E-state index contributed by atoms with van der Waals surface area (Å²) >= 11 is 0. The van der Waals surface area contributed by atoms with Crippen molar-refractivity contribution in [1.29, 1.82) is 0 Å². The van der Waals surface area contributed by atoms with Gasteiger partial charge in [0, 0.05) is 12.7 Å². The summed E-state index contributed by atoms with van der Waals surface area (Å²) in [5.41, 5.74) is 1.55. The van der Waals surface area contributed by atoms with Gasteiger partial charge in [-0.15, -0.1) is 0 Å². The van der Waals surface area contributed by atoms with E-state index in [1.54, 1.807) is 48.6 Å². The molecule has 3 rings (SSSR count). The van der Waals surface area contributed by atoms with E-state index in [9.17, 15) is 4.79 Å². The standard InChI is InChI=1S/C20H22N4O3/c1-26-13-14-27-18-9-7-17(8-10-18)20(25)23-19(15-24-21-11-12-22-24)16-5-3-2-4-6-16/h2-12,19H,13-15H2,1H3,(H,23,25). The van der Waals surface area contributed by atoms with Crippen LogP contribution in [0.5, 0.6) is 5.75 Å². The molecule has 1 heterocycles. The summed E-state index contributed by atoms with van der Waals surface area (Å²) in [4.78, 5) is 14.3. The zero-order valence-electron chi connectivity index (χ0n) is 15.1. The van der Waals surface area contributed by atoms with E-state index in [1.165, 1.54) is 0 Å². The molecule has 1 N–H and O–H groups in total. The number of methoxy groups -OCH3 is 1. The summed E-state index contributed by atoms with van der Waals surface area (Å²) in [5, 5.41) is 11.3. The highest BCUT2D eigenvalue weighted by molar-refractivity contribution is 5.94. The van der Waals surface area contributed by atoms with Crippen LogP contribution in [-0.4, -0.2) is 41.2 Å². The number of nitrogens with one attached hydrogen (secondary N) is 1. The molecule has 1 aromatic heterocycles. The van der Waals surface area contributed by atoms with Crippen LogP contribution in [0.3, 0.4) is 0 Å². The monoisotopic (exact) mass is 366 g/mol. The van der Waals surface area contributed by atoms with Gasteiger partial charge in [-0.05, 0) is 29.8 Å². The van der Waals surface area contributed by atoms with E-state index >= 15 is 0 Å². The van der Waals surface area contributed by atoms with Crippen molar-refractivity contribution in [3.8, 4) is 5.75 Å². The van der Waals surface area contributed by atoms with Crippen molar-refractivity contribution in [2.24, 2.45) is 0 Å². The molecular weight excluding hydrogens is 344 g/mol. The molecule has 0 saturated carbocycles. The summed E-state index contributed by atoms with van der Waals surface area (Å²) < 4.78 is 10.5. The average molecular weight is 366 g/mol. The van der Waals surface area contributed by atoms with Crippen molar-refractivity contribution in [3.63, 3.8) is 0 Å². The molecule has 0 fully saturated rings. The van der Waals surface area contributed by atoms with Gasteiger partial charge >= 0.3 is 0 Å². The Kier molecular flexibility index (Phi) is 6.54. The van der Waals surface area contributed by atoms with Gasteiger partial charge in [0.25, 0.3) is 5.91 Å². The molecule has 0 aliphatic rings. The Bertz CT molecular complexity index is 820. The summed E-state index contributed by atoms with van der Waals surface area (Å²) in [6.45, 7) is 1.43. The molecule has 0 bridgehead atoms. The largest absolute Gasteiger partial charge is 0.491 e. The highest BCUT2D eigenvalue weighted by Gasteiger charge is 2.17. The lowest BCUT2D eigenvalue weighted by molar-refractivity contribution is 0.0930. The van der Waals surface area contributed by atoms with E-state index in [0.29, 0.717) is 31.1 Å². The van der Waals surface area contributed by atoms with Crippen LogP contribution in [0.1, 0.15) is 22.0 Å². The maximum absolute atomic E-state index is 12.7. The first-order valence-corrected chi connectivity index (χ1v) is 8.68. The fourth-order valence-electron chi connectivity index (χ4n) is 2.61. The molecule has 3 aromatic rings. The second-order valence-corrected chi connectivity index (χ2v) is 5.89. The summed E-state index contributed by atoms with van der Waals surface area (Å²) in [5.74, 6) is 0.531. The minimum atomic E-state index is -0.247. The molecule has 27 heavy (non-hydrogen) atoms. The van der Waals surface area contributed by atoms with Crippen LogP contribution in [0.15, 0.2) is 67.0 Å². The fraction of sp³-hybridized carbons (Fsp3) is 0.250. The minimum absolute atomic E-state index is 0.167. The Hall–Kier alpha value is -3.19. The van der Waals surface area contributed by atoms with Gasteiger partial charge in [-0.25, -0.2) is 0 Å². The maximum Gasteiger partial charge on any atom is 0.251 e. The first kappa shape index (κ1) is 18.6. The predicted octanol–water partition coefficient (Wildman–Crippen LogP) is 2.47. The third-order valence-corrected chi connectivity index (χ3v) is 3.99. The van der Waals surface area contributed by atoms with Gasteiger partial charge < -0.3 is 14.8 Å². The molecule has 0 aliphatic heterocycles. The summed E-state index contributed by atoms with van der Waals surface area (Å²) in [6.07, 6.45) is 3.23. The van der Waals surface area contributed by atoms with Crippen LogP contribution in [-0.2, 0) is 11.3 Å². The number of nitrogens with zero attached hydrogens (tertiary/aromatic N) is 3. The zero-order chi connectivity index (χ0) is 18.9. The van der Waals surface area contributed by atoms with Crippen LogP contribution in [0.25, 0.3) is 0 Å². The highest BCUT2D eigenvalue weighted by Crippen LogP contribution is 2.17. The van der Waals surface area contributed by atoms with Crippen molar-refractivity contribution in [2.45, 2.75) is 12.6 Å². The Morgan fingerprint density at radius 2 is 1.74 bits per heavy atom. The normalized spacial score (nSPS) is 11.7. The number of amides is 1. The van der Waals surface area contributed by atoms with Crippen LogP contribution in [0, 0.1) is 0 Å². The molecule has 2 aromatic carbocycles. The molecule has 7 nitrogen and oxygen atoms in total. The number of rotatable bonds is 9. The minimum Gasteiger partial charge on any atom is -0.491 e. The van der Waals surface area contributed by atoms with Crippen LogP contribution in [0.2, 0.25) is 0 Å². The van der Waals surface area contributed by atoms with Gasteiger partial charge in [-0.1, -0.05) is 30.3 Å². The lowest BCUT2D eigenvalue weighted by Gasteiger charge is -2.19. The molecule has 0 spiro atoms. The number of hydrogen-bond acceptors (Lipinski definition) is 5. The van der Waals surface area contributed by atoms with Gasteiger partial charge in [-0.3, -0.25) is 4.79 Å². The number of carbonyl (C=O) groups is 1. The number of benzene rings is 2. The van der Waals surface area contributed by atoms with Crippen LogP contribution < -0.4 is 10.1 Å². The number of carbonyl (C=O) groups excluding carboxylic acids is 1. The fourth-order valence-corrected chi connectivity index (χ4v) is 2.61. The Labute approximate surface area is 157 Å². The number of ether oxygens (including phenoxy) is 2. The summed E-state index contributed by atoms with van der Waals surface area (Å²) in [7, 11) is 1.62. The maximum atomic E-state index is 12.7. The molecule has 1 unspecified atom stereocenters. The predicted molar refractivity (Wildman–Crippen MR) is 100 cm³/mol. The smallest absolute Gasteiger partial charge is 0.251 e. The second kappa shape index (κ2) is 9.49. The van der Waals surface area contributed by atoms with Crippen molar-refractivity contribution >= 4 is 5.91 Å². The molecule has 0 aliphatic carbocycles. The van der Waals surface area contributed by atoms with E-state index in [-0.39, 0.29) is 11.9 Å². The third-order valence-electron chi connectivity index (χ3n) is 3.99. The topological polar surface area (TPSA) is 78.3 Å². The van der Waals surface area contributed by atoms with E-state index in [2.05, 4.69) is 15.5 Å². The molecule has 1 amide bonds. The van der Waals surface area contributed by atoms with Gasteiger partial charge in [0.2, 0.25) is 0 Å². The molecule has 140 valence electrons. The van der Waals surface area contributed by atoms with E-state index < -0.39 is 0 Å². The quantitative estimate of drug-likeness (QED) is 0.589. The van der Waals surface area contributed by atoms with Gasteiger partial charge in [-0.2, -0.15) is 15.0 Å². The van der Waals surface area contributed by atoms with E-state index in [4.69, 9.17) is 9.47 Å². The molecule has 0 saturated heterocycles. The van der Waals surface area contributed by atoms with E-state index in [0.717, 1.165) is 5.56 Å². The Balaban J connectivity index is 1.68. The SMILES string of the molecule is COCCOc1ccc(C(=O)NC(Cn2nccn2)c2ccccc2)cc1. The molecular formula is C20H22N4O3.